The topological polar surface area (TPSA) is 89.3 Å². The average Bonchev–Trinajstić information content (AvgIpc) is 3.18. The quantitative estimate of drug-likeness (QED) is 0.521. The highest BCUT2D eigenvalue weighted by molar-refractivity contribution is 5.92. The fourth-order valence-corrected chi connectivity index (χ4v) is 2.46. The monoisotopic (exact) mass is 349 g/mol. The number of nitrogens with two attached hydrogens (primary N) is 1. The largest absolute Gasteiger partial charge is 0.370 e. The summed E-state index contributed by atoms with van der Waals surface area (Å²) in [7, 11) is 0. The Balaban J connectivity index is 1.59. The van der Waals surface area contributed by atoms with Gasteiger partial charge in [-0.1, -0.05) is 61.5 Å². The second kappa shape index (κ2) is 8.29. The van der Waals surface area contributed by atoms with Crippen LogP contribution in [-0.4, -0.2) is 22.6 Å². The van der Waals surface area contributed by atoms with Gasteiger partial charge in [0.25, 0.3) is 0 Å². The van der Waals surface area contributed by atoms with Crippen LogP contribution in [0.2, 0.25) is 0 Å². The van der Waals surface area contributed by atoms with Crippen molar-refractivity contribution in [1.82, 2.24) is 10.1 Å². The smallest absolute Gasteiger partial charge is 0.231 e. The molecule has 1 unspecified atom stereocenters. The third kappa shape index (κ3) is 4.47. The van der Waals surface area contributed by atoms with Crippen molar-refractivity contribution in [3.05, 3.63) is 66.1 Å². The molecule has 1 aromatic heterocycles. The molecule has 0 radical (unpaired) electrons. The number of aryl methyl sites for hydroxylation is 1. The molecule has 3 rings (SSSR count). The zero-order valence-electron chi connectivity index (χ0n) is 15.0. The number of nitrogens with zero attached hydrogens (tertiary/aromatic N) is 3. The first-order valence-corrected chi connectivity index (χ1v) is 8.70. The van der Waals surface area contributed by atoms with E-state index in [2.05, 4.69) is 39.5 Å². The van der Waals surface area contributed by atoms with E-state index >= 15 is 0 Å². The Kier molecular flexibility index (Phi) is 5.63. The molecule has 0 saturated heterocycles. The average molecular weight is 349 g/mol. The summed E-state index contributed by atoms with van der Waals surface area (Å²) in [5.41, 5.74) is 9.10. The van der Waals surface area contributed by atoms with Crippen LogP contribution >= 0.6 is 0 Å². The van der Waals surface area contributed by atoms with Gasteiger partial charge in [0.15, 0.2) is 5.96 Å². The summed E-state index contributed by atoms with van der Waals surface area (Å²) in [5, 5.41) is 7.13. The molecule has 3 N–H and O–H groups in total. The van der Waals surface area contributed by atoms with Gasteiger partial charge in [0.2, 0.25) is 11.7 Å². The van der Waals surface area contributed by atoms with Gasteiger partial charge in [-0.3, -0.25) is 4.99 Å². The van der Waals surface area contributed by atoms with Gasteiger partial charge in [-0.25, -0.2) is 0 Å². The highest BCUT2D eigenvalue weighted by Gasteiger charge is 2.15. The van der Waals surface area contributed by atoms with Gasteiger partial charge in [0.1, 0.15) is 0 Å². The minimum atomic E-state index is -0.0252. The summed E-state index contributed by atoms with van der Waals surface area (Å²) in [6.07, 6.45) is 1.01. The fraction of sp³-hybridized carbons (Fsp3) is 0.250. The Bertz CT molecular complexity index is 855. The molecule has 6 nitrogen and oxygen atoms in total. The number of hydrogen-bond donors (Lipinski definition) is 2. The standard InChI is InChI=1S/C20H23N5O/c1-3-15-9-11-17(12-10-15)23-20(21)22-13-14(2)19-24-18(25-26-19)16-7-5-4-6-8-16/h4-12,14H,3,13H2,1-2H3,(H3,21,22,23). The molecule has 0 aliphatic heterocycles. The van der Waals surface area contributed by atoms with Gasteiger partial charge >= 0.3 is 0 Å². The summed E-state index contributed by atoms with van der Waals surface area (Å²) in [6.45, 7) is 4.57. The highest BCUT2D eigenvalue weighted by Crippen LogP contribution is 2.19. The van der Waals surface area contributed by atoms with E-state index in [1.807, 2.05) is 49.4 Å². The highest BCUT2D eigenvalue weighted by atomic mass is 16.5. The van der Waals surface area contributed by atoms with Crippen molar-refractivity contribution in [2.45, 2.75) is 26.2 Å². The zero-order chi connectivity index (χ0) is 18.4. The van der Waals surface area contributed by atoms with E-state index in [0.29, 0.717) is 24.2 Å². The molecule has 134 valence electrons. The summed E-state index contributed by atoms with van der Waals surface area (Å²) < 4.78 is 5.37. The minimum absolute atomic E-state index is 0.0252. The van der Waals surface area contributed by atoms with Crippen molar-refractivity contribution in [3.63, 3.8) is 0 Å². The lowest BCUT2D eigenvalue weighted by molar-refractivity contribution is 0.361. The third-order valence-electron chi connectivity index (χ3n) is 4.07. The first-order valence-electron chi connectivity index (χ1n) is 8.70. The number of rotatable bonds is 6. The summed E-state index contributed by atoms with van der Waals surface area (Å²) >= 11 is 0. The van der Waals surface area contributed by atoms with E-state index < -0.39 is 0 Å². The van der Waals surface area contributed by atoms with E-state index in [1.165, 1.54) is 5.56 Å². The molecule has 6 heteroatoms. The maximum absolute atomic E-state index is 5.97. The zero-order valence-corrected chi connectivity index (χ0v) is 15.0. The Morgan fingerprint density at radius 2 is 1.88 bits per heavy atom. The van der Waals surface area contributed by atoms with Crippen molar-refractivity contribution in [3.8, 4) is 11.4 Å². The lowest BCUT2D eigenvalue weighted by atomic mass is 10.1. The van der Waals surface area contributed by atoms with Crippen LogP contribution in [0.3, 0.4) is 0 Å². The molecule has 3 aromatic rings. The number of benzene rings is 2. The molecule has 0 spiro atoms. The molecule has 1 atom stereocenters. The van der Waals surface area contributed by atoms with Crippen molar-refractivity contribution < 1.29 is 4.52 Å². The molecule has 0 amide bonds. The van der Waals surface area contributed by atoms with Crippen LogP contribution in [0.25, 0.3) is 11.4 Å². The number of aromatic nitrogens is 2. The predicted octanol–water partition coefficient (Wildman–Crippen LogP) is 3.83. The molecule has 0 fully saturated rings. The number of anilines is 1. The van der Waals surface area contributed by atoms with Gasteiger partial charge in [-0.15, -0.1) is 0 Å². The van der Waals surface area contributed by atoms with E-state index in [0.717, 1.165) is 17.7 Å². The first kappa shape index (κ1) is 17.7. The van der Waals surface area contributed by atoms with Gasteiger partial charge in [0.05, 0.1) is 12.5 Å². The summed E-state index contributed by atoms with van der Waals surface area (Å²) in [5.74, 6) is 1.47. The van der Waals surface area contributed by atoms with Crippen molar-refractivity contribution in [2.24, 2.45) is 10.7 Å². The van der Waals surface area contributed by atoms with Crippen LogP contribution < -0.4 is 11.1 Å². The van der Waals surface area contributed by atoms with Crippen LogP contribution in [0.5, 0.6) is 0 Å². The normalized spacial score (nSPS) is 12.8. The molecule has 0 aliphatic rings. The van der Waals surface area contributed by atoms with Crippen molar-refractivity contribution >= 4 is 11.6 Å². The lowest BCUT2D eigenvalue weighted by Crippen LogP contribution is -2.23. The van der Waals surface area contributed by atoms with Crippen LogP contribution in [0.15, 0.2) is 64.1 Å². The Labute approximate surface area is 153 Å². The van der Waals surface area contributed by atoms with Crippen LogP contribution in [0, 0.1) is 0 Å². The SMILES string of the molecule is CCc1ccc(NC(N)=NCC(C)c2nc(-c3ccccc3)no2)cc1. The molecule has 2 aromatic carbocycles. The second-order valence-electron chi connectivity index (χ2n) is 6.12. The summed E-state index contributed by atoms with van der Waals surface area (Å²) in [4.78, 5) is 8.83. The Morgan fingerprint density at radius 3 is 2.58 bits per heavy atom. The van der Waals surface area contributed by atoms with E-state index in [-0.39, 0.29) is 5.92 Å². The van der Waals surface area contributed by atoms with E-state index in [4.69, 9.17) is 10.3 Å². The molecule has 0 aliphatic carbocycles. The maximum atomic E-state index is 5.97. The summed E-state index contributed by atoms with van der Waals surface area (Å²) in [6, 6.07) is 17.9. The first-order chi connectivity index (χ1) is 12.7. The van der Waals surface area contributed by atoms with Gasteiger partial charge in [-0.05, 0) is 24.1 Å². The second-order valence-corrected chi connectivity index (χ2v) is 6.12. The van der Waals surface area contributed by atoms with Crippen molar-refractivity contribution in [1.29, 1.82) is 0 Å². The van der Waals surface area contributed by atoms with Crippen LogP contribution in [0.1, 0.15) is 31.2 Å². The van der Waals surface area contributed by atoms with Gasteiger partial charge < -0.3 is 15.6 Å². The van der Waals surface area contributed by atoms with E-state index in [1.54, 1.807) is 0 Å². The van der Waals surface area contributed by atoms with Gasteiger partial charge in [0, 0.05) is 11.3 Å². The Morgan fingerprint density at radius 1 is 1.15 bits per heavy atom. The molecular weight excluding hydrogens is 326 g/mol. The van der Waals surface area contributed by atoms with Crippen LogP contribution in [0.4, 0.5) is 5.69 Å². The molecule has 1 heterocycles. The number of hydrogen-bond acceptors (Lipinski definition) is 4. The third-order valence-corrected chi connectivity index (χ3v) is 4.07. The number of aliphatic imine (C=N–C) groups is 1. The molecule has 26 heavy (non-hydrogen) atoms. The predicted molar refractivity (Wildman–Crippen MR) is 104 cm³/mol. The van der Waals surface area contributed by atoms with E-state index in [9.17, 15) is 0 Å². The Hall–Kier alpha value is -3.15. The molecule has 0 saturated carbocycles. The molecule has 0 bridgehead atoms. The maximum Gasteiger partial charge on any atom is 0.231 e. The molecular formula is C20H23N5O. The minimum Gasteiger partial charge on any atom is -0.370 e. The number of nitrogens with one attached hydrogen (secondary N) is 1. The lowest BCUT2D eigenvalue weighted by Gasteiger charge is -2.07. The number of guanidine groups is 1. The fourth-order valence-electron chi connectivity index (χ4n) is 2.46. The van der Waals surface area contributed by atoms with Crippen LogP contribution in [-0.2, 0) is 6.42 Å². The van der Waals surface area contributed by atoms with Crippen molar-refractivity contribution in [2.75, 3.05) is 11.9 Å². The van der Waals surface area contributed by atoms with Gasteiger partial charge in [-0.2, -0.15) is 4.98 Å².